The van der Waals surface area contributed by atoms with Crippen LogP contribution >= 0.6 is 0 Å². The van der Waals surface area contributed by atoms with Crippen molar-refractivity contribution in [3.63, 3.8) is 0 Å². The maximum atomic E-state index is 14.1. The molecule has 156 valence electrons. The largest absolute Gasteiger partial charge is 0.352 e. The molecule has 2 rings (SSSR count). The molecule has 0 spiro atoms. The molecular formula is C24H31FN2O2. The van der Waals surface area contributed by atoms with Crippen molar-refractivity contribution in [3.05, 3.63) is 71.0 Å². The highest BCUT2D eigenvalue weighted by Crippen LogP contribution is 2.17. The van der Waals surface area contributed by atoms with E-state index in [9.17, 15) is 14.0 Å². The minimum atomic E-state index is -0.607. The van der Waals surface area contributed by atoms with Gasteiger partial charge in [0.15, 0.2) is 0 Å². The fourth-order valence-electron chi connectivity index (χ4n) is 3.16. The highest BCUT2D eigenvalue weighted by molar-refractivity contribution is 5.88. The summed E-state index contributed by atoms with van der Waals surface area (Å²) in [5.41, 5.74) is 2.40. The molecule has 0 bridgehead atoms. The van der Waals surface area contributed by atoms with Crippen molar-refractivity contribution in [2.75, 3.05) is 0 Å². The van der Waals surface area contributed by atoms with Crippen LogP contribution in [0.1, 0.15) is 50.3 Å². The molecule has 0 aliphatic carbocycles. The minimum Gasteiger partial charge on any atom is -0.352 e. The maximum Gasteiger partial charge on any atom is 0.243 e. The highest BCUT2D eigenvalue weighted by atomic mass is 19.1. The van der Waals surface area contributed by atoms with Crippen LogP contribution in [0.25, 0.3) is 0 Å². The summed E-state index contributed by atoms with van der Waals surface area (Å²) in [5, 5.41) is 2.98. The fourth-order valence-corrected chi connectivity index (χ4v) is 3.16. The average molecular weight is 399 g/mol. The SMILES string of the molecule is CC[C@@H](C)NC(=O)[C@H](CC)N(Cc1ccc(C)cc1)C(=O)Cc1ccccc1F. The van der Waals surface area contributed by atoms with Crippen LogP contribution < -0.4 is 5.32 Å². The van der Waals surface area contributed by atoms with Crippen molar-refractivity contribution in [2.45, 2.75) is 65.6 Å². The van der Waals surface area contributed by atoms with Crippen LogP contribution in [-0.2, 0) is 22.6 Å². The van der Waals surface area contributed by atoms with Gasteiger partial charge in [0.1, 0.15) is 11.9 Å². The van der Waals surface area contributed by atoms with E-state index in [-0.39, 0.29) is 24.3 Å². The maximum absolute atomic E-state index is 14.1. The number of carbonyl (C=O) groups is 2. The Morgan fingerprint density at radius 2 is 1.69 bits per heavy atom. The first-order valence-electron chi connectivity index (χ1n) is 10.2. The van der Waals surface area contributed by atoms with Crippen molar-refractivity contribution in [3.8, 4) is 0 Å². The van der Waals surface area contributed by atoms with Crippen LogP contribution in [0.2, 0.25) is 0 Å². The van der Waals surface area contributed by atoms with Gasteiger partial charge < -0.3 is 10.2 Å². The van der Waals surface area contributed by atoms with Gasteiger partial charge in [-0.05, 0) is 43.9 Å². The van der Waals surface area contributed by atoms with E-state index < -0.39 is 11.9 Å². The van der Waals surface area contributed by atoms with Crippen molar-refractivity contribution in [2.24, 2.45) is 0 Å². The lowest BCUT2D eigenvalue weighted by Crippen LogP contribution is -2.51. The molecular weight excluding hydrogens is 367 g/mol. The first kappa shape index (κ1) is 22.6. The van der Waals surface area contributed by atoms with E-state index in [1.807, 2.05) is 52.0 Å². The molecule has 2 atom stereocenters. The molecule has 0 heterocycles. The van der Waals surface area contributed by atoms with Crippen LogP contribution in [0.4, 0.5) is 4.39 Å². The van der Waals surface area contributed by atoms with Crippen LogP contribution in [0.5, 0.6) is 0 Å². The molecule has 0 aliphatic heterocycles. The Balaban J connectivity index is 2.29. The summed E-state index contributed by atoms with van der Waals surface area (Å²) in [6.45, 7) is 8.13. The van der Waals surface area contributed by atoms with Gasteiger partial charge in [0.25, 0.3) is 0 Å². The van der Waals surface area contributed by atoms with Gasteiger partial charge in [0.05, 0.1) is 6.42 Å². The number of carbonyl (C=O) groups excluding carboxylic acids is 2. The van der Waals surface area contributed by atoms with Gasteiger partial charge in [-0.2, -0.15) is 0 Å². The summed E-state index contributed by atoms with van der Waals surface area (Å²) in [5.74, 6) is -0.842. The Kier molecular flexibility index (Phi) is 8.37. The summed E-state index contributed by atoms with van der Waals surface area (Å²) < 4.78 is 14.1. The number of nitrogens with zero attached hydrogens (tertiary/aromatic N) is 1. The molecule has 4 nitrogen and oxygen atoms in total. The summed E-state index contributed by atoms with van der Waals surface area (Å²) in [6, 6.07) is 13.6. The Morgan fingerprint density at radius 1 is 1.03 bits per heavy atom. The van der Waals surface area contributed by atoms with Crippen LogP contribution in [0, 0.1) is 12.7 Å². The number of aryl methyl sites for hydroxylation is 1. The van der Waals surface area contributed by atoms with E-state index in [0.717, 1.165) is 17.5 Å². The molecule has 0 saturated carbocycles. The summed E-state index contributed by atoms with van der Waals surface area (Å²) in [6.07, 6.45) is 1.21. The molecule has 0 unspecified atom stereocenters. The summed E-state index contributed by atoms with van der Waals surface area (Å²) >= 11 is 0. The van der Waals surface area contributed by atoms with Gasteiger partial charge in [-0.3, -0.25) is 9.59 Å². The van der Waals surface area contributed by atoms with Crippen LogP contribution in [-0.4, -0.2) is 28.8 Å². The third-order valence-electron chi connectivity index (χ3n) is 5.16. The third-order valence-corrected chi connectivity index (χ3v) is 5.16. The van der Waals surface area contributed by atoms with E-state index >= 15 is 0 Å². The second-order valence-electron chi connectivity index (χ2n) is 7.52. The monoisotopic (exact) mass is 398 g/mol. The molecule has 0 aliphatic rings. The zero-order valence-corrected chi connectivity index (χ0v) is 17.7. The lowest BCUT2D eigenvalue weighted by molar-refractivity contribution is -0.141. The zero-order chi connectivity index (χ0) is 21.4. The smallest absolute Gasteiger partial charge is 0.243 e. The lowest BCUT2D eigenvalue weighted by atomic mass is 10.1. The first-order chi connectivity index (χ1) is 13.8. The number of rotatable bonds is 9. The van der Waals surface area contributed by atoms with Gasteiger partial charge in [-0.1, -0.05) is 61.9 Å². The Hall–Kier alpha value is -2.69. The van der Waals surface area contributed by atoms with Crippen molar-refractivity contribution in [1.82, 2.24) is 10.2 Å². The van der Waals surface area contributed by atoms with Gasteiger partial charge in [0.2, 0.25) is 11.8 Å². The predicted molar refractivity (Wildman–Crippen MR) is 114 cm³/mol. The lowest BCUT2D eigenvalue weighted by Gasteiger charge is -2.31. The fraction of sp³-hybridized carbons (Fsp3) is 0.417. The topological polar surface area (TPSA) is 49.4 Å². The minimum absolute atomic E-state index is 0.0273. The molecule has 2 amide bonds. The molecule has 0 fully saturated rings. The number of hydrogen-bond acceptors (Lipinski definition) is 2. The zero-order valence-electron chi connectivity index (χ0n) is 17.7. The summed E-state index contributed by atoms with van der Waals surface area (Å²) in [4.78, 5) is 27.6. The number of benzene rings is 2. The standard InChI is InChI=1S/C24H31FN2O2/c1-5-18(4)26-24(29)22(6-2)27(16-19-13-11-17(3)12-14-19)23(28)15-20-9-7-8-10-21(20)25/h7-14,18,22H,5-6,15-16H2,1-4H3,(H,26,29)/t18-,22+/m1/s1. The molecule has 5 heteroatoms. The van der Waals surface area contributed by atoms with E-state index in [0.29, 0.717) is 18.5 Å². The predicted octanol–water partition coefficient (Wildman–Crippen LogP) is 4.40. The first-order valence-corrected chi connectivity index (χ1v) is 10.2. The van der Waals surface area contributed by atoms with Crippen molar-refractivity contribution < 1.29 is 14.0 Å². The molecule has 2 aromatic carbocycles. The number of amides is 2. The molecule has 0 aromatic heterocycles. The van der Waals surface area contributed by atoms with Gasteiger partial charge in [0, 0.05) is 12.6 Å². The Morgan fingerprint density at radius 3 is 2.28 bits per heavy atom. The van der Waals surface area contributed by atoms with Gasteiger partial charge >= 0.3 is 0 Å². The van der Waals surface area contributed by atoms with E-state index in [2.05, 4.69) is 5.32 Å². The Bertz CT molecular complexity index is 820. The molecule has 29 heavy (non-hydrogen) atoms. The quantitative estimate of drug-likeness (QED) is 0.681. The number of hydrogen-bond donors (Lipinski definition) is 1. The van der Waals surface area contributed by atoms with Crippen LogP contribution in [0.15, 0.2) is 48.5 Å². The van der Waals surface area contributed by atoms with E-state index in [4.69, 9.17) is 0 Å². The van der Waals surface area contributed by atoms with Gasteiger partial charge in [-0.15, -0.1) is 0 Å². The van der Waals surface area contributed by atoms with Gasteiger partial charge in [-0.25, -0.2) is 4.39 Å². The summed E-state index contributed by atoms with van der Waals surface area (Å²) in [7, 11) is 0. The van der Waals surface area contributed by atoms with Crippen molar-refractivity contribution >= 4 is 11.8 Å². The molecule has 0 saturated heterocycles. The highest BCUT2D eigenvalue weighted by Gasteiger charge is 2.29. The normalized spacial score (nSPS) is 12.9. The second-order valence-corrected chi connectivity index (χ2v) is 7.52. The Labute approximate surface area is 173 Å². The average Bonchev–Trinajstić information content (AvgIpc) is 2.70. The van der Waals surface area contributed by atoms with E-state index in [1.54, 1.807) is 23.1 Å². The molecule has 2 aromatic rings. The number of nitrogens with one attached hydrogen (secondary N) is 1. The molecule has 0 radical (unpaired) electrons. The van der Waals surface area contributed by atoms with Crippen LogP contribution in [0.3, 0.4) is 0 Å². The van der Waals surface area contributed by atoms with Crippen molar-refractivity contribution in [1.29, 1.82) is 0 Å². The second kappa shape index (κ2) is 10.7. The number of halogens is 1. The molecule has 1 N–H and O–H groups in total. The third kappa shape index (κ3) is 6.41. The van der Waals surface area contributed by atoms with E-state index in [1.165, 1.54) is 6.07 Å².